The first kappa shape index (κ1) is 24.3. The minimum absolute atomic E-state index is 0. The van der Waals surface area contributed by atoms with Crippen molar-refractivity contribution in [2.45, 2.75) is 25.1 Å². The number of rotatable bonds is 4. The van der Waals surface area contributed by atoms with Crippen LogP contribution in [0.2, 0.25) is 0 Å². The average Bonchev–Trinajstić information content (AvgIpc) is 2.67. The van der Waals surface area contributed by atoms with Crippen molar-refractivity contribution in [3.05, 3.63) is 54.0 Å². The van der Waals surface area contributed by atoms with Gasteiger partial charge in [0.05, 0.1) is 10.5 Å². The Morgan fingerprint density at radius 3 is 2.63 bits per heavy atom. The summed E-state index contributed by atoms with van der Waals surface area (Å²) in [5.41, 5.74) is 0.919. The van der Waals surface area contributed by atoms with E-state index in [9.17, 15) is 12.8 Å². The molecule has 0 aliphatic carbocycles. The third kappa shape index (κ3) is 5.81. The van der Waals surface area contributed by atoms with Gasteiger partial charge >= 0.3 is 0 Å². The van der Waals surface area contributed by atoms with E-state index < -0.39 is 14.6 Å². The van der Waals surface area contributed by atoms with Crippen LogP contribution in [0.4, 0.5) is 4.39 Å². The van der Waals surface area contributed by atoms with E-state index >= 15 is 0 Å². The molecule has 3 rings (SSSR count). The summed E-state index contributed by atoms with van der Waals surface area (Å²) >= 11 is 0. The maximum Gasteiger partial charge on any atom is 0.219 e. The zero-order chi connectivity index (χ0) is 21.1. The van der Waals surface area contributed by atoms with Crippen LogP contribution in [0.1, 0.15) is 19.4 Å². The molecule has 7 nitrogen and oxygen atoms in total. The smallest absolute Gasteiger partial charge is 0.219 e. The SMILES string of the molecule is CN=C(NCc1ccnc(Oc2ccc(F)cc2)c1)N1CCS(=O)(=O)C(C)(C)C1.I. The predicted octanol–water partition coefficient (Wildman–Crippen LogP) is 3.22. The van der Waals surface area contributed by atoms with Crippen LogP contribution in [0, 0.1) is 5.82 Å². The molecule has 0 saturated carbocycles. The molecule has 1 aromatic heterocycles. The van der Waals surface area contributed by atoms with Gasteiger partial charge in [-0.2, -0.15) is 0 Å². The predicted molar refractivity (Wildman–Crippen MR) is 126 cm³/mol. The standard InChI is InChI=1S/C20H25FN4O3S.HI/c1-20(2)14-25(10-11-29(20,26)27)19(22-3)24-13-15-8-9-23-18(12-15)28-17-6-4-16(21)5-7-17;/h4-9,12H,10-11,13-14H2,1-3H3,(H,22,24);1H. The summed E-state index contributed by atoms with van der Waals surface area (Å²) in [6, 6.07) is 9.36. The highest BCUT2D eigenvalue weighted by Gasteiger charge is 2.40. The monoisotopic (exact) mass is 548 g/mol. The Morgan fingerprint density at radius 2 is 2.00 bits per heavy atom. The molecule has 1 saturated heterocycles. The highest BCUT2D eigenvalue weighted by Crippen LogP contribution is 2.24. The number of benzene rings is 1. The minimum atomic E-state index is -3.11. The summed E-state index contributed by atoms with van der Waals surface area (Å²) < 4.78 is 42.3. The summed E-state index contributed by atoms with van der Waals surface area (Å²) in [4.78, 5) is 10.4. The highest BCUT2D eigenvalue weighted by atomic mass is 127. The van der Waals surface area contributed by atoms with Gasteiger partial charge in [-0.1, -0.05) is 0 Å². The fourth-order valence-corrected chi connectivity index (χ4v) is 4.44. The van der Waals surface area contributed by atoms with Gasteiger partial charge in [0.15, 0.2) is 15.8 Å². The van der Waals surface area contributed by atoms with Crippen LogP contribution in [0.15, 0.2) is 47.6 Å². The lowest BCUT2D eigenvalue weighted by atomic mass is 10.2. The summed E-state index contributed by atoms with van der Waals surface area (Å²) in [7, 11) is -1.44. The molecule has 1 aliphatic rings. The van der Waals surface area contributed by atoms with Gasteiger partial charge in [-0.15, -0.1) is 24.0 Å². The van der Waals surface area contributed by atoms with E-state index in [1.54, 1.807) is 33.2 Å². The van der Waals surface area contributed by atoms with Crippen LogP contribution in [0.3, 0.4) is 0 Å². The molecule has 164 valence electrons. The van der Waals surface area contributed by atoms with E-state index in [2.05, 4.69) is 15.3 Å². The number of pyridine rings is 1. The van der Waals surface area contributed by atoms with Gasteiger partial charge in [0, 0.05) is 38.9 Å². The number of aliphatic imine (C=N–C) groups is 1. The van der Waals surface area contributed by atoms with E-state index in [-0.39, 0.29) is 35.5 Å². The molecule has 0 bridgehead atoms. The number of aromatic nitrogens is 1. The second-order valence-corrected chi connectivity index (χ2v) is 10.2. The zero-order valence-corrected chi connectivity index (χ0v) is 20.3. The van der Waals surface area contributed by atoms with Gasteiger partial charge in [-0.25, -0.2) is 17.8 Å². The summed E-state index contributed by atoms with van der Waals surface area (Å²) in [6.45, 7) is 4.73. The first-order chi connectivity index (χ1) is 13.7. The number of halogens is 2. The molecule has 30 heavy (non-hydrogen) atoms. The number of guanidine groups is 1. The fraction of sp³-hybridized carbons (Fsp3) is 0.400. The lowest BCUT2D eigenvalue weighted by Crippen LogP contribution is -2.57. The van der Waals surface area contributed by atoms with Gasteiger partial charge in [-0.05, 0) is 49.7 Å². The Kier molecular flexibility index (Phi) is 8.03. The molecule has 2 aromatic rings. The molecule has 1 aromatic carbocycles. The Labute approximate surface area is 193 Å². The van der Waals surface area contributed by atoms with Crippen LogP contribution in [-0.2, 0) is 16.4 Å². The summed E-state index contributed by atoms with van der Waals surface area (Å²) in [5.74, 6) is 1.31. The first-order valence-electron chi connectivity index (χ1n) is 9.26. The number of hydrogen-bond acceptors (Lipinski definition) is 5. The largest absolute Gasteiger partial charge is 0.439 e. The quantitative estimate of drug-likeness (QED) is 0.359. The Morgan fingerprint density at radius 1 is 1.30 bits per heavy atom. The zero-order valence-electron chi connectivity index (χ0n) is 17.1. The van der Waals surface area contributed by atoms with Crippen molar-refractivity contribution in [1.82, 2.24) is 15.2 Å². The van der Waals surface area contributed by atoms with Crippen molar-refractivity contribution in [2.24, 2.45) is 4.99 Å². The second kappa shape index (κ2) is 9.90. The van der Waals surface area contributed by atoms with Gasteiger partial charge < -0.3 is 15.0 Å². The lowest BCUT2D eigenvalue weighted by molar-refractivity contribution is 0.353. The Bertz CT molecular complexity index is 997. The number of ether oxygens (including phenoxy) is 1. The molecule has 10 heteroatoms. The molecular formula is C20H26FIN4O3S. The van der Waals surface area contributed by atoms with Crippen molar-refractivity contribution in [3.63, 3.8) is 0 Å². The van der Waals surface area contributed by atoms with Crippen LogP contribution in [0.5, 0.6) is 11.6 Å². The average molecular weight is 548 g/mol. The molecule has 0 atom stereocenters. The van der Waals surface area contributed by atoms with Crippen LogP contribution in [0.25, 0.3) is 0 Å². The van der Waals surface area contributed by atoms with E-state index in [1.807, 2.05) is 11.0 Å². The van der Waals surface area contributed by atoms with E-state index in [0.29, 0.717) is 37.2 Å². The highest BCUT2D eigenvalue weighted by molar-refractivity contribution is 14.0. The summed E-state index contributed by atoms with van der Waals surface area (Å²) in [6.07, 6.45) is 1.63. The molecule has 0 amide bonds. The fourth-order valence-electron chi connectivity index (χ4n) is 3.08. The number of nitrogens with one attached hydrogen (secondary N) is 1. The van der Waals surface area contributed by atoms with Crippen molar-refractivity contribution < 1.29 is 17.5 Å². The number of sulfone groups is 1. The molecule has 1 aliphatic heterocycles. The third-order valence-corrected chi connectivity index (χ3v) is 7.37. The molecule has 0 unspecified atom stereocenters. The van der Waals surface area contributed by atoms with Gasteiger partial charge in [0.25, 0.3) is 0 Å². The Balaban J connectivity index is 0.00000320. The Hall–Kier alpha value is -1.95. The van der Waals surface area contributed by atoms with Crippen molar-refractivity contribution in [3.8, 4) is 11.6 Å². The van der Waals surface area contributed by atoms with Crippen molar-refractivity contribution in [1.29, 1.82) is 0 Å². The molecular weight excluding hydrogens is 522 g/mol. The van der Waals surface area contributed by atoms with Crippen LogP contribution in [-0.4, -0.2) is 54.9 Å². The number of hydrogen-bond donors (Lipinski definition) is 1. The van der Waals surface area contributed by atoms with Gasteiger partial charge in [-0.3, -0.25) is 4.99 Å². The van der Waals surface area contributed by atoms with Crippen LogP contribution >= 0.6 is 24.0 Å². The second-order valence-electron chi connectivity index (χ2n) is 7.46. The molecule has 2 heterocycles. The molecule has 0 radical (unpaired) electrons. The molecule has 1 N–H and O–H groups in total. The van der Waals surface area contributed by atoms with E-state index in [0.717, 1.165) is 5.56 Å². The summed E-state index contributed by atoms with van der Waals surface area (Å²) in [5, 5.41) is 3.27. The van der Waals surface area contributed by atoms with Gasteiger partial charge in [0.1, 0.15) is 11.6 Å². The number of nitrogens with zero attached hydrogens (tertiary/aromatic N) is 3. The van der Waals surface area contributed by atoms with Crippen molar-refractivity contribution in [2.75, 3.05) is 25.9 Å². The van der Waals surface area contributed by atoms with Gasteiger partial charge in [0.2, 0.25) is 5.88 Å². The molecule has 0 spiro atoms. The minimum Gasteiger partial charge on any atom is -0.439 e. The third-order valence-electron chi connectivity index (χ3n) is 4.84. The maximum absolute atomic E-state index is 13.0. The first-order valence-corrected chi connectivity index (χ1v) is 10.9. The van der Waals surface area contributed by atoms with Crippen molar-refractivity contribution >= 4 is 39.8 Å². The molecule has 1 fully saturated rings. The van der Waals surface area contributed by atoms with E-state index in [1.165, 1.54) is 24.3 Å². The topological polar surface area (TPSA) is 83.9 Å². The lowest BCUT2D eigenvalue weighted by Gasteiger charge is -2.39. The normalized spacial score (nSPS) is 17.7. The maximum atomic E-state index is 13.0. The van der Waals surface area contributed by atoms with Crippen LogP contribution < -0.4 is 10.1 Å². The van der Waals surface area contributed by atoms with E-state index in [4.69, 9.17) is 4.74 Å².